The van der Waals surface area contributed by atoms with E-state index in [1.54, 1.807) is 7.05 Å². The van der Waals surface area contributed by atoms with Gasteiger partial charge in [0.1, 0.15) is 16.9 Å². The Labute approximate surface area is 159 Å². The molecule has 0 aliphatic rings. The fraction of sp³-hybridized carbons (Fsp3) is 0.556. The molecule has 0 spiro atoms. The van der Waals surface area contributed by atoms with Crippen LogP contribution in [0.25, 0.3) is 11.0 Å². The van der Waals surface area contributed by atoms with Crippen molar-refractivity contribution in [3.8, 4) is 0 Å². The summed E-state index contributed by atoms with van der Waals surface area (Å²) in [4.78, 5) is 13.1. The first kappa shape index (κ1) is 20.3. The van der Waals surface area contributed by atoms with Gasteiger partial charge in [-0.15, -0.1) is 0 Å². The molecule has 1 N–H and O–H groups in total. The van der Waals surface area contributed by atoms with Crippen LogP contribution in [0.5, 0.6) is 0 Å². The van der Waals surface area contributed by atoms with Crippen molar-refractivity contribution in [3.63, 3.8) is 0 Å². The lowest BCUT2D eigenvalue weighted by Gasteiger charge is -2.10. The number of aromatic nitrogens is 4. The minimum absolute atomic E-state index is 0.189. The number of hydrogen-bond donors (Lipinski definition) is 1. The molecule has 0 amide bonds. The Morgan fingerprint density at radius 1 is 1.31 bits per heavy atom. The van der Waals surface area contributed by atoms with E-state index in [-0.39, 0.29) is 5.28 Å². The van der Waals surface area contributed by atoms with E-state index < -0.39 is 0 Å². The second-order valence-electron chi connectivity index (χ2n) is 6.11. The maximum atomic E-state index is 6.19. The highest BCUT2D eigenvalue weighted by molar-refractivity contribution is 6.29. The van der Waals surface area contributed by atoms with Crippen LogP contribution in [0, 0.1) is 0 Å². The van der Waals surface area contributed by atoms with Crippen molar-refractivity contribution in [3.05, 3.63) is 22.6 Å². The van der Waals surface area contributed by atoms with E-state index in [0.717, 1.165) is 35.1 Å². The lowest BCUT2D eigenvalue weighted by atomic mass is 10.2. The van der Waals surface area contributed by atoms with Gasteiger partial charge in [-0.25, -0.2) is 4.98 Å². The zero-order chi connectivity index (χ0) is 19.1. The zero-order valence-electron chi connectivity index (χ0n) is 16.1. The lowest BCUT2D eigenvalue weighted by molar-refractivity contribution is 0.137. The summed E-state index contributed by atoms with van der Waals surface area (Å²) in [5.74, 6) is 1.31. The molecule has 0 radical (unpaired) electrons. The molecule has 2 rings (SSSR count). The molecule has 0 saturated carbocycles. The molecule has 26 heavy (non-hydrogen) atoms. The number of anilines is 1. The Balaban J connectivity index is 2.55. The van der Waals surface area contributed by atoms with Gasteiger partial charge in [0.25, 0.3) is 0 Å². The van der Waals surface area contributed by atoms with E-state index in [0.29, 0.717) is 31.4 Å². The molecule has 0 fully saturated rings. The second-order valence-corrected chi connectivity index (χ2v) is 6.45. The van der Waals surface area contributed by atoms with Crippen molar-refractivity contribution in [2.45, 2.75) is 47.1 Å². The van der Waals surface area contributed by atoms with Crippen molar-refractivity contribution in [2.75, 3.05) is 25.6 Å². The molecule has 0 aromatic carbocycles. The molecule has 0 aliphatic heterocycles. The molecule has 0 atom stereocenters. The highest BCUT2D eigenvalue weighted by atomic mass is 35.5. The zero-order valence-corrected chi connectivity index (χ0v) is 16.9. The van der Waals surface area contributed by atoms with E-state index in [4.69, 9.17) is 21.4 Å². The Bertz CT molecular complexity index is 808. The minimum Gasteiger partial charge on any atom is -0.380 e. The van der Waals surface area contributed by atoms with Crippen molar-refractivity contribution >= 4 is 34.3 Å². The summed E-state index contributed by atoms with van der Waals surface area (Å²) < 4.78 is 7.39. The van der Waals surface area contributed by atoms with E-state index in [1.165, 1.54) is 0 Å². The van der Waals surface area contributed by atoms with E-state index in [9.17, 15) is 0 Å². The Kier molecular flexibility index (Phi) is 7.53. The number of nitrogens with zero attached hydrogens (tertiary/aromatic N) is 5. The van der Waals surface area contributed by atoms with Crippen molar-refractivity contribution in [1.29, 1.82) is 0 Å². The number of amidine groups is 1. The predicted octanol–water partition coefficient (Wildman–Crippen LogP) is 3.88. The highest BCUT2D eigenvalue weighted by Gasteiger charge is 2.18. The molecule has 2 aromatic rings. The first-order valence-corrected chi connectivity index (χ1v) is 9.27. The summed E-state index contributed by atoms with van der Waals surface area (Å²) in [5, 5.41) is 8.18. The number of halogens is 1. The quantitative estimate of drug-likeness (QED) is 0.326. The van der Waals surface area contributed by atoms with Crippen LogP contribution in [0.1, 0.15) is 39.8 Å². The van der Waals surface area contributed by atoms with Crippen LogP contribution in [0.15, 0.2) is 16.6 Å². The summed E-state index contributed by atoms with van der Waals surface area (Å²) in [5.41, 5.74) is 3.65. The van der Waals surface area contributed by atoms with Crippen molar-refractivity contribution in [2.24, 2.45) is 4.99 Å². The van der Waals surface area contributed by atoms with Gasteiger partial charge < -0.3 is 10.1 Å². The number of aliphatic imine (C=N–C) groups is 1. The van der Waals surface area contributed by atoms with E-state index in [2.05, 4.69) is 27.2 Å². The van der Waals surface area contributed by atoms with E-state index in [1.807, 2.05) is 31.5 Å². The molecule has 7 nitrogen and oxygen atoms in total. The lowest BCUT2D eigenvalue weighted by Crippen LogP contribution is -2.14. The third kappa shape index (κ3) is 5.02. The molecule has 0 saturated heterocycles. The average Bonchev–Trinajstić information content (AvgIpc) is 2.92. The standard InChI is InChI=1S/C18H27ClN6O/c1-6-8-13-15-16(25(24-13)9-10-26-7-2)17(23-18(19)22-15)21-14(20-5)11-12(3)4/h11H,6-10H2,1-5H3,(H,20,21,22,23). The third-order valence-electron chi connectivity index (χ3n) is 3.68. The van der Waals surface area contributed by atoms with Crippen molar-refractivity contribution < 1.29 is 4.74 Å². The Hall–Kier alpha value is -1.99. The Morgan fingerprint density at radius 3 is 2.69 bits per heavy atom. The molecule has 0 unspecified atom stereocenters. The number of fused-ring (bicyclic) bond motifs is 1. The molecule has 8 heteroatoms. The maximum Gasteiger partial charge on any atom is 0.225 e. The summed E-state index contributed by atoms with van der Waals surface area (Å²) in [6, 6.07) is 0. The normalized spacial score (nSPS) is 11.8. The third-order valence-corrected chi connectivity index (χ3v) is 3.85. The topological polar surface area (TPSA) is 77.2 Å². The molecule has 0 aliphatic carbocycles. The first-order chi connectivity index (χ1) is 12.5. The summed E-state index contributed by atoms with van der Waals surface area (Å²) >= 11 is 6.19. The number of rotatable bonds is 8. The van der Waals surface area contributed by atoms with Crippen LogP contribution >= 0.6 is 11.6 Å². The van der Waals surface area contributed by atoms with Gasteiger partial charge in [0.15, 0.2) is 5.82 Å². The van der Waals surface area contributed by atoms with E-state index >= 15 is 0 Å². The molecule has 2 aromatic heterocycles. The molecule has 142 valence electrons. The highest BCUT2D eigenvalue weighted by Crippen LogP contribution is 2.26. The fourth-order valence-corrected chi connectivity index (χ4v) is 2.79. The Morgan fingerprint density at radius 2 is 2.08 bits per heavy atom. The molecule has 2 heterocycles. The number of hydrogen-bond acceptors (Lipinski definition) is 5. The number of allylic oxidation sites excluding steroid dienone is 1. The van der Waals surface area contributed by atoms with Crippen LogP contribution < -0.4 is 5.32 Å². The van der Waals surface area contributed by atoms with Crippen molar-refractivity contribution in [1.82, 2.24) is 19.7 Å². The monoisotopic (exact) mass is 378 g/mol. The van der Waals surface area contributed by atoms with Crippen LogP contribution in [0.3, 0.4) is 0 Å². The minimum atomic E-state index is 0.189. The van der Waals surface area contributed by atoms with Gasteiger partial charge in [0.2, 0.25) is 5.28 Å². The van der Waals surface area contributed by atoms with Crippen LogP contribution in [-0.4, -0.2) is 45.8 Å². The van der Waals surface area contributed by atoms with Crippen LogP contribution in [0.4, 0.5) is 5.82 Å². The van der Waals surface area contributed by atoms with Gasteiger partial charge in [-0.3, -0.25) is 9.67 Å². The van der Waals surface area contributed by atoms with Crippen LogP contribution in [0.2, 0.25) is 5.28 Å². The fourth-order valence-electron chi connectivity index (χ4n) is 2.62. The number of aryl methyl sites for hydroxylation is 1. The van der Waals surface area contributed by atoms with Gasteiger partial charge in [0, 0.05) is 13.7 Å². The smallest absolute Gasteiger partial charge is 0.225 e. The molecule has 0 bridgehead atoms. The average molecular weight is 379 g/mol. The second kappa shape index (κ2) is 9.64. The number of ether oxygens (including phenoxy) is 1. The summed E-state index contributed by atoms with van der Waals surface area (Å²) in [6.45, 7) is 9.98. The van der Waals surface area contributed by atoms with Gasteiger partial charge in [0.05, 0.1) is 18.8 Å². The molecular weight excluding hydrogens is 352 g/mol. The SMILES string of the molecule is CCCc1nn(CCOCC)c2c(NC(C=C(C)C)=NC)nc(Cl)nc12. The summed E-state index contributed by atoms with van der Waals surface area (Å²) in [6.07, 6.45) is 3.75. The van der Waals surface area contributed by atoms with Crippen LogP contribution in [-0.2, 0) is 17.7 Å². The molecular formula is C18H27ClN6O. The van der Waals surface area contributed by atoms with Gasteiger partial charge in [-0.1, -0.05) is 18.9 Å². The maximum absolute atomic E-state index is 6.19. The van der Waals surface area contributed by atoms with Gasteiger partial charge in [-0.05, 0) is 44.9 Å². The first-order valence-electron chi connectivity index (χ1n) is 8.89. The largest absolute Gasteiger partial charge is 0.380 e. The predicted molar refractivity (Wildman–Crippen MR) is 107 cm³/mol. The van der Waals surface area contributed by atoms with Gasteiger partial charge in [-0.2, -0.15) is 10.1 Å². The number of nitrogens with one attached hydrogen (secondary N) is 1. The van der Waals surface area contributed by atoms with Gasteiger partial charge >= 0.3 is 0 Å². The summed E-state index contributed by atoms with van der Waals surface area (Å²) in [7, 11) is 1.73.